The Morgan fingerprint density at radius 3 is 2.27 bits per heavy atom. The lowest BCUT2D eigenvalue weighted by molar-refractivity contribution is -0.479. The molecule has 0 amide bonds. The number of hydrogen-bond acceptors (Lipinski definition) is 7. The summed E-state index contributed by atoms with van der Waals surface area (Å²) in [6.07, 6.45) is 0. The number of benzene rings is 3. The third-order valence-corrected chi connectivity index (χ3v) is 7.37. The first-order valence-corrected chi connectivity index (χ1v) is 13.0. The van der Waals surface area contributed by atoms with E-state index in [0.717, 1.165) is 11.3 Å². The fraction of sp³-hybridized carbons (Fsp3) is 0.200. The van der Waals surface area contributed by atoms with E-state index in [0.29, 0.717) is 33.1 Å². The van der Waals surface area contributed by atoms with E-state index in [1.54, 1.807) is 31.4 Å². The Morgan fingerprint density at radius 1 is 1.03 bits per heavy atom. The monoisotopic (exact) mass is 578 g/mol. The zero-order valence-corrected chi connectivity index (χ0v) is 22.8. The fourth-order valence-corrected chi connectivity index (χ4v) is 5.45. The Hall–Kier alpha value is -2.98. The summed E-state index contributed by atoms with van der Waals surface area (Å²) < 4.78 is 12.9. The van der Waals surface area contributed by atoms with Crippen LogP contribution in [-0.4, -0.2) is 33.3 Å². The number of aryl methyl sites for hydroxylation is 1. The van der Waals surface area contributed by atoms with Gasteiger partial charge in [0.05, 0.1) is 17.2 Å². The molecular weight excluding hydrogens is 559 g/mol. The van der Waals surface area contributed by atoms with Gasteiger partial charge in [-0.2, -0.15) is 0 Å². The van der Waals surface area contributed by atoms with Crippen LogP contribution in [0, 0.1) is 17.0 Å². The van der Waals surface area contributed by atoms with E-state index in [9.17, 15) is 10.1 Å². The minimum atomic E-state index is -0.643. The molecule has 12 heteroatoms. The highest BCUT2D eigenvalue weighted by molar-refractivity contribution is 7.99. The number of ether oxygens (including phenoxy) is 2. The van der Waals surface area contributed by atoms with Crippen molar-refractivity contribution in [1.29, 1.82) is 0 Å². The van der Waals surface area contributed by atoms with Crippen LogP contribution in [0.15, 0.2) is 65.8 Å². The molecule has 8 nitrogen and oxygen atoms in total. The Balaban J connectivity index is 1.60. The zero-order chi connectivity index (χ0) is 26.5. The van der Waals surface area contributed by atoms with E-state index in [1.165, 1.54) is 11.8 Å². The van der Waals surface area contributed by atoms with Crippen LogP contribution < -0.4 is 9.47 Å². The molecular formula is C25H21Cl3N4O4S. The van der Waals surface area contributed by atoms with E-state index >= 15 is 0 Å². The van der Waals surface area contributed by atoms with Crippen LogP contribution in [0.2, 0.25) is 15.1 Å². The van der Waals surface area contributed by atoms with Gasteiger partial charge in [-0.3, -0.25) is 14.7 Å². The quantitative estimate of drug-likeness (QED) is 0.111. The first kappa shape index (κ1) is 27.1. The van der Waals surface area contributed by atoms with Crippen molar-refractivity contribution in [2.24, 2.45) is 0 Å². The molecule has 0 fully saturated rings. The molecule has 0 bridgehead atoms. The van der Waals surface area contributed by atoms with Crippen molar-refractivity contribution in [2.75, 3.05) is 13.7 Å². The number of methoxy groups -OCH3 is 1. The van der Waals surface area contributed by atoms with Gasteiger partial charge in [-0.05, 0) is 66.6 Å². The molecule has 0 saturated carbocycles. The smallest absolute Gasteiger partial charge is 0.220 e. The van der Waals surface area contributed by atoms with Crippen LogP contribution in [0.1, 0.15) is 22.2 Å². The fourth-order valence-electron chi connectivity index (χ4n) is 3.56. The molecule has 1 heterocycles. The largest absolute Gasteiger partial charge is 0.497 e. The van der Waals surface area contributed by atoms with Gasteiger partial charge in [0.1, 0.15) is 23.4 Å². The molecule has 192 valence electrons. The summed E-state index contributed by atoms with van der Waals surface area (Å²) in [6, 6.07) is 17.8. The van der Waals surface area contributed by atoms with Gasteiger partial charge in [0.2, 0.25) is 6.54 Å². The summed E-state index contributed by atoms with van der Waals surface area (Å²) in [5, 5.41) is 21.0. The van der Waals surface area contributed by atoms with Gasteiger partial charge in [-0.25, -0.2) is 0 Å². The van der Waals surface area contributed by atoms with Crippen LogP contribution in [0.25, 0.3) is 5.69 Å². The maximum absolute atomic E-state index is 11.6. The summed E-state index contributed by atoms with van der Waals surface area (Å²) in [5.41, 5.74) is 2.25. The Labute approximate surface area is 232 Å². The second-order valence-corrected chi connectivity index (χ2v) is 10.3. The predicted molar refractivity (Wildman–Crippen MR) is 145 cm³/mol. The number of hydrogen-bond donors (Lipinski definition) is 0. The summed E-state index contributed by atoms with van der Waals surface area (Å²) in [4.78, 5) is 11.2. The highest BCUT2D eigenvalue weighted by atomic mass is 35.5. The van der Waals surface area contributed by atoms with E-state index in [-0.39, 0.29) is 28.1 Å². The minimum absolute atomic E-state index is 0.229. The summed E-state index contributed by atoms with van der Waals surface area (Å²) in [7, 11) is 1.59. The molecule has 0 saturated heterocycles. The number of halogens is 3. The summed E-state index contributed by atoms with van der Waals surface area (Å²) >= 11 is 20.2. The SMILES string of the molecule is COc1ccc(-n2c(C)nnc2S[C@H](C[N+](=O)[O-])c2cc(Cl)c(OCc3ccc(Cl)cc3)c(Cl)c2)cc1. The number of rotatable bonds is 10. The van der Waals surface area contributed by atoms with Gasteiger partial charge in [0.25, 0.3) is 0 Å². The average Bonchev–Trinajstić information content (AvgIpc) is 3.23. The molecule has 1 aromatic heterocycles. The van der Waals surface area contributed by atoms with Crippen molar-refractivity contribution in [1.82, 2.24) is 14.8 Å². The molecule has 0 N–H and O–H groups in total. The summed E-state index contributed by atoms with van der Waals surface area (Å²) in [5.74, 6) is 1.64. The van der Waals surface area contributed by atoms with E-state index in [1.807, 2.05) is 47.9 Å². The van der Waals surface area contributed by atoms with E-state index < -0.39 is 5.25 Å². The predicted octanol–water partition coefficient (Wildman–Crippen LogP) is 7.23. The van der Waals surface area contributed by atoms with Gasteiger partial charge in [-0.15, -0.1) is 10.2 Å². The van der Waals surface area contributed by atoms with Gasteiger partial charge >= 0.3 is 0 Å². The number of thioether (sulfide) groups is 1. The van der Waals surface area contributed by atoms with Crippen LogP contribution in [0.4, 0.5) is 0 Å². The maximum Gasteiger partial charge on any atom is 0.220 e. The van der Waals surface area contributed by atoms with Gasteiger partial charge in [0, 0.05) is 15.6 Å². The molecule has 0 aliphatic carbocycles. The number of nitrogens with zero attached hydrogens (tertiary/aromatic N) is 4. The highest BCUT2D eigenvalue weighted by Crippen LogP contribution is 2.42. The molecule has 0 aliphatic rings. The van der Waals surface area contributed by atoms with Crippen molar-refractivity contribution in [3.05, 3.63) is 103 Å². The van der Waals surface area contributed by atoms with Crippen LogP contribution in [-0.2, 0) is 6.61 Å². The lowest BCUT2D eigenvalue weighted by atomic mass is 10.1. The molecule has 3 aromatic carbocycles. The highest BCUT2D eigenvalue weighted by Gasteiger charge is 2.26. The lowest BCUT2D eigenvalue weighted by Gasteiger charge is -2.17. The van der Waals surface area contributed by atoms with Crippen molar-refractivity contribution in [3.63, 3.8) is 0 Å². The molecule has 0 radical (unpaired) electrons. The van der Waals surface area contributed by atoms with Gasteiger partial charge in [0.15, 0.2) is 10.9 Å². The lowest BCUT2D eigenvalue weighted by Crippen LogP contribution is -2.11. The van der Waals surface area contributed by atoms with Crippen molar-refractivity contribution < 1.29 is 14.4 Å². The zero-order valence-electron chi connectivity index (χ0n) is 19.7. The molecule has 0 spiro atoms. The number of aromatic nitrogens is 3. The van der Waals surface area contributed by atoms with Crippen LogP contribution in [0.3, 0.4) is 0 Å². The van der Waals surface area contributed by atoms with Crippen LogP contribution in [0.5, 0.6) is 11.5 Å². The average molecular weight is 580 g/mol. The standard InChI is InChI=1S/C25H21Cl3N4O4S/c1-15-29-30-25(32(15)19-7-9-20(35-2)10-8-19)37-23(13-31(33)34)17-11-21(27)24(22(28)12-17)36-14-16-3-5-18(26)6-4-16/h3-12,23H,13-14H2,1-2H3/t23-/m1/s1. The minimum Gasteiger partial charge on any atom is -0.497 e. The topological polar surface area (TPSA) is 92.3 Å². The van der Waals surface area contributed by atoms with Crippen LogP contribution >= 0.6 is 46.6 Å². The third kappa shape index (κ3) is 6.67. The molecule has 4 rings (SSSR count). The third-order valence-electron chi connectivity index (χ3n) is 5.38. The number of nitro groups is 1. The molecule has 0 aliphatic heterocycles. The molecule has 37 heavy (non-hydrogen) atoms. The first-order chi connectivity index (χ1) is 17.7. The van der Waals surface area contributed by atoms with Crippen molar-refractivity contribution >= 4 is 46.6 Å². The van der Waals surface area contributed by atoms with Gasteiger partial charge < -0.3 is 9.47 Å². The maximum atomic E-state index is 11.6. The Morgan fingerprint density at radius 2 is 1.68 bits per heavy atom. The molecule has 1 atom stereocenters. The van der Waals surface area contributed by atoms with Crippen molar-refractivity contribution in [3.8, 4) is 17.2 Å². The second-order valence-electron chi connectivity index (χ2n) is 7.91. The summed E-state index contributed by atoms with van der Waals surface area (Å²) in [6.45, 7) is 1.66. The second kappa shape index (κ2) is 12.0. The van der Waals surface area contributed by atoms with E-state index in [2.05, 4.69) is 10.2 Å². The van der Waals surface area contributed by atoms with Gasteiger partial charge in [-0.1, -0.05) is 58.7 Å². The molecule has 0 unspecified atom stereocenters. The van der Waals surface area contributed by atoms with E-state index in [4.69, 9.17) is 44.3 Å². The molecule has 4 aromatic rings. The normalized spacial score (nSPS) is 11.8. The first-order valence-electron chi connectivity index (χ1n) is 11.0. The Kier molecular flexibility index (Phi) is 8.81. The Bertz CT molecular complexity index is 1380. The van der Waals surface area contributed by atoms with Crippen molar-refractivity contribution in [2.45, 2.75) is 23.9 Å².